The first kappa shape index (κ1) is 18.3. The van der Waals surface area contributed by atoms with Crippen molar-refractivity contribution in [2.45, 2.75) is 26.4 Å². The first-order chi connectivity index (χ1) is 11.5. The zero-order valence-electron chi connectivity index (χ0n) is 14.2. The molecule has 0 aliphatic heterocycles. The average Bonchev–Trinajstić information content (AvgIpc) is 2.60. The number of carbonyl (C=O) groups excluding carboxylic acids is 1. The molecule has 0 saturated heterocycles. The topological polar surface area (TPSA) is 51.7 Å². The molecule has 1 aromatic carbocycles. The van der Waals surface area contributed by atoms with Crippen LogP contribution in [0.25, 0.3) is 0 Å². The van der Waals surface area contributed by atoms with E-state index < -0.39 is 0 Å². The Morgan fingerprint density at radius 3 is 2.33 bits per heavy atom. The maximum Gasteiger partial charge on any atom is 0.254 e. The van der Waals surface area contributed by atoms with Gasteiger partial charge in [-0.15, -0.1) is 0 Å². The van der Waals surface area contributed by atoms with Crippen molar-refractivity contribution in [3.8, 4) is 11.5 Å². The molecule has 6 heteroatoms. The molecule has 0 aliphatic rings. The second-order valence-corrected chi connectivity index (χ2v) is 6.38. The van der Waals surface area contributed by atoms with E-state index in [-0.39, 0.29) is 11.9 Å². The monoisotopic (exact) mass is 392 g/mol. The Balaban J connectivity index is 2.36. The van der Waals surface area contributed by atoms with Gasteiger partial charge in [-0.2, -0.15) is 0 Å². The van der Waals surface area contributed by atoms with Gasteiger partial charge in [-0.3, -0.25) is 9.78 Å². The third-order valence-electron chi connectivity index (χ3n) is 3.65. The lowest BCUT2D eigenvalue weighted by Gasteiger charge is -2.27. The van der Waals surface area contributed by atoms with Gasteiger partial charge in [0.2, 0.25) is 0 Å². The van der Waals surface area contributed by atoms with Crippen LogP contribution in [0.3, 0.4) is 0 Å². The zero-order chi connectivity index (χ0) is 17.7. The molecule has 0 radical (unpaired) electrons. The summed E-state index contributed by atoms with van der Waals surface area (Å²) in [6, 6.07) is 7.29. The fraction of sp³-hybridized carbons (Fsp3) is 0.333. The van der Waals surface area contributed by atoms with Crippen LogP contribution in [0.15, 0.2) is 41.1 Å². The number of amides is 1. The molecule has 0 atom stereocenters. The fourth-order valence-electron chi connectivity index (χ4n) is 2.34. The molecule has 5 nitrogen and oxygen atoms in total. The van der Waals surface area contributed by atoms with E-state index >= 15 is 0 Å². The van der Waals surface area contributed by atoms with Crippen molar-refractivity contribution in [3.05, 3.63) is 52.3 Å². The summed E-state index contributed by atoms with van der Waals surface area (Å²) in [5.41, 5.74) is 1.50. The van der Waals surface area contributed by atoms with Crippen molar-refractivity contribution in [1.29, 1.82) is 0 Å². The highest BCUT2D eigenvalue weighted by atomic mass is 79.9. The lowest BCUT2D eigenvalue weighted by molar-refractivity contribution is 0.0689. The molecule has 0 spiro atoms. The van der Waals surface area contributed by atoms with E-state index in [1.807, 2.05) is 26.0 Å². The van der Waals surface area contributed by atoms with Crippen molar-refractivity contribution in [2.75, 3.05) is 14.2 Å². The van der Waals surface area contributed by atoms with E-state index in [4.69, 9.17) is 9.47 Å². The Hall–Kier alpha value is -2.08. The van der Waals surface area contributed by atoms with Gasteiger partial charge in [0.1, 0.15) is 16.0 Å². The lowest BCUT2D eigenvalue weighted by atomic mass is 10.1. The molecule has 1 amide bonds. The minimum atomic E-state index is -0.0852. The molecule has 2 aromatic rings. The highest BCUT2D eigenvalue weighted by Crippen LogP contribution is 2.36. The van der Waals surface area contributed by atoms with Gasteiger partial charge in [0.05, 0.1) is 14.2 Å². The molecule has 1 heterocycles. The summed E-state index contributed by atoms with van der Waals surface area (Å²) in [4.78, 5) is 18.9. The van der Waals surface area contributed by atoms with Gasteiger partial charge in [-0.1, -0.05) is 6.07 Å². The van der Waals surface area contributed by atoms with Gasteiger partial charge in [-0.25, -0.2) is 0 Å². The second-order valence-electron chi connectivity index (χ2n) is 5.58. The SMILES string of the molecule is COc1cc(C(=O)N(Cc2cccnc2)C(C)C)cc(OC)c1Br. The van der Waals surface area contributed by atoms with Crippen molar-refractivity contribution in [3.63, 3.8) is 0 Å². The highest BCUT2D eigenvalue weighted by molar-refractivity contribution is 9.10. The lowest BCUT2D eigenvalue weighted by Crippen LogP contribution is -2.36. The van der Waals surface area contributed by atoms with Crippen LogP contribution in [-0.2, 0) is 6.54 Å². The van der Waals surface area contributed by atoms with E-state index in [0.717, 1.165) is 5.56 Å². The van der Waals surface area contributed by atoms with Gasteiger partial charge >= 0.3 is 0 Å². The van der Waals surface area contributed by atoms with Gasteiger partial charge in [0.25, 0.3) is 5.91 Å². The highest BCUT2D eigenvalue weighted by Gasteiger charge is 2.22. The number of carbonyl (C=O) groups is 1. The number of halogens is 1. The van der Waals surface area contributed by atoms with E-state index in [1.165, 1.54) is 0 Å². The number of pyridine rings is 1. The summed E-state index contributed by atoms with van der Waals surface area (Å²) >= 11 is 3.42. The number of aromatic nitrogens is 1. The Morgan fingerprint density at radius 1 is 1.25 bits per heavy atom. The molecule has 0 unspecified atom stereocenters. The number of hydrogen-bond acceptors (Lipinski definition) is 4. The van der Waals surface area contributed by atoms with Crippen molar-refractivity contribution >= 4 is 21.8 Å². The minimum absolute atomic E-state index is 0.0401. The van der Waals surface area contributed by atoms with Gasteiger partial charge in [0.15, 0.2) is 0 Å². The van der Waals surface area contributed by atoms with E-state index in [9.17, 15) is 4.79 Å². The maximum absolute atomic E-state index is 13.0. The van der Waals surface area contributed by atoms with Crippen LogP contribution in [0.2, 0.25) is 0 Å². The third kappa shape index (κ3) is 4.06. The zero-order valence-corrected chi connectivity index (χ0v) is 15.8. The Kier molecular flexibility index (Phi) is 6.20. The van der Waals surface area contributed by atoms with Crippen molar-refractivity contribution in [2.24, 2.45) is 0 Å². The second kappa shape index (κ2) is 8.15. The Labute approximate surface area is 150 Å². The van der Waals surface area contributed by atoms with E-state index in [0.29, 0.717) is 28.1 Å². The largest absolute Gasteiger partial charge is 0.495 e. The first-order valence-corrected chi connectivity index (χ1v) is 8.38. The predicted molar refractivity (Wildman–Crippen MR) is 96.5 cm³/mol. The third-order valence-corrected chi connectivity index (χ3v) is 4.43. The van der Waals surface area contributed by atoms with Crippen LogP contribution in [0.4, 0.5) is 0 Å². The van der Waals surface area contributed by atoms with Crippen molar-refractivity contribution < 1.29 is 14.3 Å². The number of ether oxygens (including phenoxy) is 2. The Morgan fingerprint density at radius 2 is 1.88 bits per heavy atom. The molecule has 128 valence electrons. The molecular weight excluding hydrogens is 372 g/mol. The Bertz CT molecular complexity index is 680. The average molecular weight is 393 g/mol. The number of rotatable bonds is 6. The molecule has 0 N–H and O–H groups in total. The summed E-state index contributed by atoms with van der Waals surface area (Å²) in [7, 11) is 3.12. The normalized spacial score (nSPS) is 10.6. The van der Waals surface area contributed by atoms with Gasteiger partial charge in [0, 0.05) is 30.5 Å². The molecule has 24 heavy (non-hydrogen) atoms. The standard InChI is InChI=1S/C18H21BrN2O3/c1-12(2)21(11-13-6-5-7-20-10-13)18(22)14-8-15(23-3)17(19)16(9-14)24-4/h5-10,12H,11H2,1-4H3. The number of hydrogen-bond donors (Lipinski definition) is 0. The quantitative estimate of drug-likeness (QED) is 0.747. The molecule has 2 rings (SSSR count). The molecule has 1 aromatic heterocycles. The first-order valence-electron chi connectivity index (χ1n) is 7.59. The van der Waals surface area contributed by atoms with Crippen LogP contribution in [-0.4, -0.2) is 36.1 Å². The maximum atomic E-state index is 13.0. The van der Waals surface area contributed by atoms with Crippen LogP contribution in [0, 0.1) is 0 Å². The van der Waals surface area contributed by atoms with E-state index in [1.54, 1.807) is 43.6 Å². The van der Waals surface area contributed by atoms with Gasteiger partial charge in [-0.05, 0) is 53.5 Å². The number of nitrogens with zero attached hydrogens (tertiary/aromatic N) is 2. The minimum Gasteiger partial charge on any atom is -0.495 e. The van der Waals surface area contributed by atoms with Crippen LogP contribution in [0.1, 0.15) is 29.8 Å². The van der Waals surface area contributed by atoms with Crippen LogP contribution >= 0.6 is 15.9 Å². The number of methoxy groups -OCH3 is 2. The predicted octanol–water partition coefficient (Wildman–Crippen LogP) is 3.91. The molecule has 0 saturated carbocycles. The van der Waals surface area contributed by atoms with E-state index in [2.05, 4.69) is 20.9 Å². The summed E-state index contributed by atoms with van der Waals surface area (Å²) in [6.07, 6.45) is 3.49. The van der Waals surface area contributed by atoms with Crippen LogP contribution < -0.4 is 9.47 Å². The number of benzene rings is 1. The molecule has 0 fully saturated rings. The molecule has 0 bridgehead atoms. The summed E-state index contributed by atoms with van der Waals surface area (Å²) in [5.74, 6) is 1.03. The molecular formula is C18H21BrN2O3. The fourth-order valence-corrected chi connectivity index (χ4v) is 2.89. The van der Waals surface area contributed by atoms with Crippen LogP contribution in [0.5, 0.6) is 11.5 Å². The summed E-state index contributed by atoms with van der Waals surface area (Å²) in [5, 5.41) is 0. The van der Waals surface area contributed by atoms with Gasteiger partial charge < -0.3 is 14.4 Å². The molecule has 0 aliphatic carbocycles. The smallest absolute Gasteiger partial charge is 0.254 e. The van der Waals surface area contributed by atoms with Crippen molar-refractivity contribution in [1.82, 2.24) is 9.88 Å². The summed E-state index contributed by atoms with van der Waals surface area (Å²) < 4.78 is 11.3. The summed E-state index contributed by atoms with van der Waals surface area (Å²) in [6.45, 7) is 4.47.